The second-order valence-electron chi connectivity index (χ2n) is 9.68. The number of amides is 3. The van der Waals surface area contributed by atoms with Crippen LogP contribution in [0.3, 0.4) is 0 Å². The van der Waals surface area contributed by atoms with E-state index >= 15 is 0 Å². The van der Waals surface area contributed by atoms with Crippen LogP contribution in [0.2, 0.25) is 15.1 Å². The Kier molecular flexibility index (Phi) is 8.03. The number of benzene rings is 3. The first-order valence-corrected chi connectivity index (χ1v) is 13.7. The molecule has 39 heavy (non-hydrogen) atoms. The maximum absolute atomic E-state index is 14.3. The summed E-state index contributed by atoms with van der Waals surface area (Å²) in [5, 5.41) is 4.42. The number of halogens is 3. The molecule has 5 rings (SSSR count). The summed E-state index contributed by atoms with van der Waals surface area (Å²) in [4.78, 5) is 34.9. The van der Waals surface area contributed by atoms with Crippen LogP contribution in [0.4, 0.5) is 4.79 Å². The topological polar surface area (TPSA) is 74.2 Å². The van der Waals surface area contributed by atoms with E-state index in [4.69, 9.17) is 44.5 Å². The predicted octanol–water partition coefficient (Wildman–Crippen LogP) is 6.53. The van der Waals surface area contributed by atoms with Crippen LogP contribution in [0.15, 0.2) is 71.7 Å². The molecule has 2 aliphatic rings. The zero-order valence-corrected chi connectivity index (χ0v) is 23.7. The third kappa shape index (κ3) is 5.86. The number of piperazine rings is 1. The van der Waals surface area contributed by atoms with Crippen molar-refractivity contribution in [1.82, 2.24) is 15.1 Å². The van der Waals surface area contributed by atoms with Gasteiger partial charge in [0.15, 0.2) is 0 Å². The molecule has 3 amide bonds. The second-order valence-corrected chi connectivity index (χ2v) is 11.0. The van der Waals surface area contributed by atoms with E-state index in [0.29, 0.717) is 45.3 Å². The van der Waals surface area contributed by atoms with E-state index in [1.807, 2.05) is 44.2 Å². The number of hydrogen-bond donors (Lipinski definition) is 1. The third-order valence-corrected chi connectivity index (χ3v) is 7.25. The Labute approximate surface area is 242 Å². The highest BCUT2D eigenvalue weighted by Gasteiger charge is 2.45. The number of nitrogens with zero attached hydrogens (tertiary/aromatic N) is 3. The maximum Gasteiger partial charge on any atom is 0.326 e. The minimum absolute atomic E-state index is 0.0479. The van der Waals surface area contributed by atoms with Gasteiger partial charge in [0.2, 0.25) is 5.91 Å². The average Bonchev–Trinajstić information content (AvgIpc) is 3.29. The molecule has 1 saturated heterocycles. The largest absolute Gasteiger partial charge is 0.490 e. The van der Waals surface area contributed by atoms with Gasteiger partial charge in [0.05, 0.1) is 17.7 Å². The van der Waals surface area contributed by atoms with Crippen LogP contribution < -0.4 is 10.1 Å². The predicted molar refractivity (Wildman–Crippen MR) is 154 cm³/mol. The molecule has 1 fully saturated rings. The van der Waals surface area contributed by atoms with E-state index in [-0.39, 0.29) is 24.6 Å². The average molecular weight is 586 g/mol. The van der Waals surface area contributed by atoms with Gasteiger partial charge >= 0.3 is 6.03 Å². The van der Waals surface area contributed by atoms with Crippen LogP contribution in [0.25, 0.3) is 0 Å². The molecule has 2 aliphatic heterocycles. The molecule has 2 atom stereocenters. The SMILES string of the molecule is CC(C)Oc1cc(Cl)ccc1C1=N[C@@H](c2cccc(Cl)c2)[C@@H](c2ccc(Cl)cc2)N1C(=O)N1CCNC(=O)C1. The lowest BCUT2D eigenvalue weighted by atomic mass is 9.93. The fraction of sp³-hybridized carbons (Fsp3) is 0.276. The van der Waals surface area contributed by atoms with Gasteiger partial charge < -0.3 is 15.0 Å². The number of ether oxygens (including phenoxy) is 1. The van der Waals surface area contributed by atoms with Crippen molar-refractivity contribution in [2.24, 2.45) is 4.99 Å². The molecule has 3 aromatic carbocycles. The molecule has 0 saturated carbocycles. The van der Waals surface area contributed by atoms with Gasteiger partial charge in [-0.05, 0) is 67.4 Å². The second kappa shape index (κ2) is 11.5. The highest BCUT2D eigenvalue weighted by Crippen LogP contribution is 2.46. The molecule has 0 aliphatic carbocycles. The van der Waals surface area contributed by atoms with Crippen LogP contribution in [-0.4, -0.2) is 53.3 Å². The molecule has 0 unspecified atom stereocenters. The minimum Gasteiger partial charge on any atom is -0.490 e. The number of aliphatic imine (C=N–C) groups is 1. The smallest absolute Gasteiger partial charge is 0.326 e. The Balaban J connectivity index is 1.71. The van der Waals surface area contributed by atoms with Gasteiger partial charge in [0.25, 0.3) is 0 Å². The van der Waals surface area contributed by atoms with Crippen LogP contribution >= 0.6 is 34.8 Å². The van der Waals surface area contributed by atoms with Gasteiger partial charge in [-0.15, -0.1) is 0 Å². The Hall–Kier alpha value is -3.26. The lowest BCUT2D eigenvalue weighted by Crippen LogP contribution is -2.55. The molecule has 0 spiro atoms. The number of urea groups is 1. The van der Waals surface area contributed by atoms with Crippen LogP contribution in [0, 0.1) is 0 Å². The molecular weight excluding hydrogens is 559 g/mol. The number of nitrogens with one attached hydrogen (secondary N) is 1. The van der Waals surface area contributed by atoms with Gasteiger partial charge in [-0.25, -0.2) is 4.79 Å². The summed E-state index contributed by atoms with van der Waals surface area (Å²) in [7, 11) is 0. The quantitative estimate of drug-likeness (QED) is 0.370. The normalized spacial score (nSPS) is 19.2. The highest BCUT2D eigenvalue weighted by molar-refractivity contribution is 6.31. The lowest BCUT2D eigenvalue weighted by molar-refractivity contribution is -0.123. The lowest BCUT2D eigenvalue weighted by Gasteiger charge is -2.36. The van der Waals surface area contributed by atoms with E-state index in [1.54, 1.807) is 41.3 Å². The molecule has 0 bridgehead atoms. The fourth-order valence-electron chi connectivity index (χ4n) is 4.87. The van der Waals surface area contributed by atoms with Gasteiger partial charge in [0, 0.05) is 28.2 Å². The molecular formula is C29H27Cl3N4O3. The zero-order valence-electron chi connectivity index (χ0n) is 21.4. The van der Waals surface area contributed by atoms with Crippen molar-refractivity contribution in [3.05, 3.63) is 98.5 Å². The zero-order chi connectivity index (χ0) is 27.7. The number of hydrogen-bond acceptors (Lipinski definition) is 4. The van der Waals surface area contributed by atoms with Crippen LogP contribution in [0.5, 0.6) is 5.75 Å². The minimum atomic E-state index is -0.546. The van der Waals surface area contributed by atoms with Gasteiger partial charge in [0.1, 0.15) is 24.2 Å². The first-order chi connectivity index (χ1) is 18.7. The number of carbonyl (C=O) groups excluding carboxylic acids is 2. The van der Waals surface area contributed by atoms with Crippen molar-refractivity contribution in [3.8, 4) is 5.75 Å². The summed E-state index contributed by atoms with van der Waals surface area (Å²) in [6.45, 7) is 4.54. The van der Waals surface area contributed by atoms with E-state index < -0.39 is 12.1 Å². The first kappa shape index (κ1) is 27.3. The van der Waals surface area contributed by atoms with Gasteiger partial charge in [-0.2, -0.15) is 0 Å². The van der Waals surface area contributed by atoms with Crippen molar-refractivity contribution in [3.63, 3.8) is 0 Å². The fourth-order valence-corrected chi connectivity index (χ4v) is 5.36. The van der Waals surface area contributed by atoms with Crippen molar-refractivity contribution in [2.45, 2.75) is 32.0 Å². The summed E-state index contributed by atoms with van der Waals surface area (Å²) in [5.74, 6) is 0.715. The number of amidine groups is 1. The van der Waals surface area contributed by atoms with E-state index in [0.717, 1.165) is 11.1 Å². The molecule has 2 heterocycles. The maximum atomic E-state index is 14.3. The Bertz CT molecular complexity index is 1430. The van der Waals surface area contributed by atoms with Crippen LogP contribution in [-0.2, 0) is 4.79 Å². The molecule has 7 nitrogen and oxygen atoms in total. The summed E-state index contributed by atoms with van der Waals surface area (Å²) >= 11 is 19.0. The van der Waals surface area contributed by atoms with E-state index in [1.165, 1.54) is 4.90 Å². The summed E-state index contributed by atoms with van der Waals surface area (Å²) in [6, 6.07) is 18.7. The Morgan fingerprint density at radius 1 is 0.974 bits per heavy atom. The Morgan fingerprint density at radius 3 is 2.38 bits per heavy atom. The Morgan fingerprint density at radius 2 is 1.69 bits per heavy atom. The highest BCUT2D eigenvalue weighted by atomic mass is 35.5. The van der Waals surface area contributed by atoms with E-state index in [9.17, 15) is 9.59 Å². The molecule has 1 N–H and O–H groups in total. The van der Waals surface area contributed by atoms with Crippen LogP contribution in [0.1, 0.15) is 42.6 Å². The van der Waals surface area contributed by atoms with Crippen molar-refractivity contribution in [2.75, 3.05) is 19.6 Å². The molecule has 3 aromatic rings. The summed E-state index contributed by atoms with van der Waals surface area (Å²) in [5.41, 5.74) is 2.29. The molecule has 202 valence electrons. The third-order valence-electron chi connectivity index (χ3n) is 6.53. The standard InChI is InChI=1S/C29H27Cl3N4O3/c1-17(2)39-24-15-22(32)10-11-23(24)28-34-26(19-4-3-5-21(31)14-19)27(18-6-8-20(30)9-7-18)36(28)29(38)35-13-12-33-25(37)16-35/h3-11,14-15,17,26-27H,12-13,16H2,1-2H3,(H,33,37)/t26-,27+/m0/s1. The number of rotatable bonds is 5. The number of carbonyl (C=O) groups is 2. The summed E-state index contributed by atoms with van der Waals surface area (Å²) < 4.78 is 6.13. The van der Waals surface area contributed by atoms with Gasteiger partial charge in [-0.1, -0.05) is 59.1 Å². The first-order valence-electron chi connectivity index (χ1n) is 12.6. The summed E-state index contributed by atoms with van der Waals surface area (Å²) in [6.07, 6.45) is -0.144. The van der Waals surface area contributed by atoms with Gasteiger partial charge in [-0.3, -0.25) is 14.7 Å². The van der Waals surface area contributed by atoms with Crippen molar-refractivity contribution >= 4 is 52.6 Å². The van der Waals surface area contributed by atoms with Crippen molar-refractivity contribution < 1.29 is 14.3 Å². The van der Waals surface area contributed by atoms with E-state index in [2.05, 4.69) is 5.32 Å². The van der Waals surface area contributed by atoms with Crippen molar-refractivity contribution in [1.29, 1.82) is 0 Å². The monoisotopic (exact) mass is 584 g/mol. The molecule has 0 radical (unpaired) electrons. The molecule has 10 heteroatoms. The molecule has 0 aromatic heterocycles.